The van der Waals surface area contributed by atoms with E-state index in [9.17, 15) is 4.79 Å². The zero-order valence-corrected chi connectivity index (χ0v) is 9.32. The number of benzene rings is 1. The van der Waals surface area contributed by atoms with Crippen molar-refractivity contribution in [2.45, 2.75) is 37.6 Å². The normalized spacial score (nSPS) is 19.1. The van der Waals surface area contributed by atoms with Crippen LogP contribution < -0.4 is 10.5 Å². The van der Waals surface area contributed by atoms with E-state index in [1.165, 1.54) is 0 Å². The van der Waals surface area contributed by atoms with E-state index < -0.39 is 5.54 Å². The van der Waals surface area contributed by atoms with Crippen LogP contribution in [0.4, 0.5) is 0 Å². The smallest absolute Gasteiger partial charge is 0.331 e. The van der Waals surface area contributed by atoms with Crippen LogP contribution >= 0.6 is 0 Å². The Balaban J connectivity index is 2.02. The third-order valence-electron chi connectivity index (χ3n) is 3.11. The molecule has 0 unspecified atom stereocenters. The van der Waals surface area contributed by atoms with Crippen LogP contribution in [-0.4, -0.2) is 11.5 Å². The minimum Gasteiger partial charge on any atom is -0.425 e. The van der Waals surface area contributed by atoms with Gasteiger partial charge in [0, 0.05) is 0 Å². The van der Waals surface area contributed by atoms with Crippen LogP contribution in [0.15, 0.2) is 30.3 Å². The zero-order chi connectivity index (χ0) is 11.4. The molecule has 0 bridgehead atoms. The van der Waals surface area contributed by atoms with Crippen LogP contribution in [0.2, 0.25) is 0 Å². The fraction of sp³-hybridized carbons (Fsp3) is 0.462. The van der Waals surface area contributed by atoms with Gasteiger partial charge in [0.15, 0.2) is 0 Å². The van der Waals surface area contributed by atoms with Gasteiger partial charge in [0.2, 0.25) is 0 Å². The minimum atomic E-state index is -0.770. The first-order valence-electron chi connectivity index (χ1n) is 5.77. The van der Waals surface area contributed by atoms with E-state index in [0.717, 1.165) is 32.1 Å². The van der Waals surface area contributed by atoms with Crippen molar-refractivity contribution in [1.82, 2.24) is 0 Å². The molecule has 0 aliphatic heterocycles. The third-order valence-corrected chi connectivity index (χ3v) is 3.11. The van der Waals surface area contributed by atoms with E-state index in [1.54, 1.807) is 12.1 Å². The van der Waals surface area contributed by atoms with Gasteiger partial charge in [0.25, 0.3) is 0 Å². The zero-order valence-electron chi connectivity index (χ0n) is 9.32. The van der Waals surface area contributed by atoms with Crippen molar-refractivity contribution in [3.8, 4) is 5.75 Å². The average molecular weight is 219 g/mol. The molecule has 0 saturated heterocycles. The first-order chi connectivity index (χ1) is 7.71. The molecule has 1 saturated carbocycles. The number of nitrogens with two attached hydrogens (primary N) is 1. The number of esters is 1. The molecule has 1 aliphatic rings. The Morgan fingerprint density at radius 2 is 1.75 bits per heavy atom. The standard InChI is InChI=1S/C13H17NO2/c14-13(9-5-2-6-10-13)12(15)16-11-7-3-1-4-8-11/h1,3-4,7-8H,2,5-6,9-10,14H2. The maximum absolute atomic E-state index is 11.9. The Hall–Kier alpha value is -1.35. The fourth-order valence-corrected chi connectivity index (χ4v) is 2.08. The van der Waals surface area contributed by atoms with Gasteiger partial charge in [0.1, 0.15) is 11.3 Å². The largest absolute Gasteiger partial charge is 0.425 e. The Kier molecular flexibility index (Phi) is 3.25. The number of ether oxygens (including phenoxy) is 1. The lowest BCUT2D eigenvalue weighted by Gasteiger charge is -2.30. The van der Waals surface area contributed by atoms with Crippen molar-refractivity contribution in [1.29, 1.82) is 0 Å². The van der Waals surface area contributed by atoms with Crippen molar-refractivity contribution in [2.75, 3.05) is 0 Å². The van der Waals surface area contributed by atoms with E-state index in [4.69, 9.17) is 10.5 Å². The number of hydrogen-bond acceptors (Lipinski definition) is 3. The van der Waals surface area contributed by atoms with Crippen LogP contribution in [-0.2, 0) is 4.79 Å². The van der Waals surface area contributed by atoms with Gasteiger partial charge >= 0.3 is 5.97 Å². The highest BCUT2D eigenvalue weighted by molar-refractivity contribution is 5.82. The predicted molar refractivity (Wildman–Crippen MR) is 62.1 cm³/mol. The Morgan fingerprint density at radius 3 is 2.38 bits per heavy atom. The molecule has 0 atom stereocenters. The molecule has 1 aliphatic carbocycles. The number of rotatable bonds is 2. The molecule has 0 aromatic heterocycles. The lowest BCUT2D eigenvalue weighted by atomic mass is 9.83. The molecule has 0 radical (unpaired) electrons. The van der Waals surface area contributed by atoms with E-state index in [2.05, 4.69) is 0 Å². The molecule has 0 heterocycles. The molecule has 1 aromatic rings. The van der Waals surface area contributed by atoms with Gasteiger partial charge in [0.05, 0.1) is 0 Å². The molecule has 3 heteroatoms. The van der Waals surface area contributed by atoms with E-state index in [1.807, 2.05) is 18.2 Å². The van der Waals surface area contributed by atoms with E-state index in [-0.39, 0.29) is 5.97 Å². The maximum atomic E-state index is 11.9. The van der Waals surface area contributed by atoms with Gasteiger partial charge in [-0.3, -0.25) is 0 Å². The summed E-state index contributed by atoms with van der Waals surface area (Å²) in [6.07, 6.45) is 4.66. The second-order valence-electron chi connectivity index (χ2n) is 4.42. The van der Waals surface area contributed by atoms with E-state index in [0.29, 0.717) is 5.75 Å². The summed E-state index contributed by atoms with van der Waals surface area (Å²) in [4.78, 5) is 11.9. The number of para-hydroxylation sites is 1. The van der Waals surface area contributed by atoms with Crippen LogP contribution in [0, 0.1) is 0 Å². The van der Waals surface area contributed by atoms with Gasteiger partial charge < -0.3 is 10.5 Å². The Morgan fingerprint density at radius 1 is 1.12 bits per heavy atom. The molecule has 0 amide bonds. The monoisotopic (exact) mass is 219 g/mol. The molecule has 1 fully saturated rings. The number of hydrogen-bond donors (Lipinski definition) is 1. The highest BCUT2D eigenvalue weighted by Gasteiger charge is 2.37. The average Bonchev–Trinajstić information content (AvgIpc) is 2.31. The predicted octanol–water partition coefficient (Wildman–Crippen LogP) is 2.25. The number of carbonyl (C=O) groups is 1. The topological polar surface area (TPSA) is 52.3 Å². The lowest BCUT2D eigenvalue weighted by molar-refractivity contribution is -0.141. The summed E-state index contributed by atoms with van der Waals surface area (Å²) in [6.45, 7) is 0. The minimum absolute atomic E-state index is 0.293. The van der Waals surface area contributed by atoms with Crippen molar-refractivity contribution < 1.29 is 9.53 Å². The molecular formula is C13H17NO2. The van der Waals surface area contributed by atoms with Gasteiger partial charge in [-0.05, 0) is 25.0 Å². The first kappa shape index (κ1) is 11.1. The van der Waals surface area contributed by atoms with Gasteiger partial charge in [-0.1, -0.05) is 37.5 Å². The molecular weight excluding hydrogens is 202 g/mol. The molecule has 16 heavy (non-hydrogen) atoms. The van der Waals surface area contributed by atoms with Gasteiger partial charge in [-0.15, -0.1) is 0 Å². The summed E-state index contributed by atoms with van der Waals surface area (Å²) in [5.74, 6) is 0.279. The van der Waals surface area contributed by atoms with Crippen LogP contribution in [0.5, 0.6) is 5.75 Å². The molecule has 86 valence electrons. The second-order valence-corrected chi connectivity index (χ2v) is 4.42. The quantitative estimate of drug-likeness (QED) is 0.613. The van der Waals surface area contributed by atoms with Crippen molar-refractivity contribution in [2.24, 2.45) is 5.73 Å². The summed E-state index contributed by atoms with van der Waals surface area (Å²) in [5.41, 5.74) is 5.31. The van der Waals surface area contributed by atoms with Gasteiger partial charge in [-0.2, -0.15) is 0 Å². The fourth-order valence-electron chi connectivity index (χ4n) is 2.08. The van der Waals surface area contributed by atoms with Crippen LogP contribution in [0.3, 0.4) is 0 Å². The molecule has 3 nitrogen and oxygen atoms in total. The number of carbonyl (C=O) groups excluding carboxylic acids is 1. The molecule has 1 aromatic carbocycles. The summed E-state index contributed by atoms with van der Waals surface area (Å²) >= 11 is 0. The first-order valence-corrected chi connectivity index (χ1v) is 5.77. The molecule has 2 rings (SSSR count). The van der Waals surface area contributed by atoms with Crippen LogP contribution in [0.1, 0.15) is 32.1 Å². The summed E-state index contributed by atoms with van der Waals surface area (Å²) < 4.78 is 5.29. The molecule has 0 spiro atoms. The maximum Gasteiger partial charge on any atom is 0.331 e. The summed E-state index contributed by atoms with van der Waals surface area (Å²) in [7, 11) is 0. The van der Waals surface area contributed by atoms with Crippen molar-refractivity contribution in [3.05, 3.63) is 30.3 Å². The van der Waals surface area contributed by atoms with Crippen molar-refractivity contribution in [3.63, 3.8) is 0 Å². The van der Waals surface area contributed by atoms with Gasteiger partial charge in [-0.25, -0.2) is 4.79 Å². The summed E-state index contributed by atoms with van der Waals surface area (Å²) in [5, 5.41) is 0. The highest BCUT2D eigenvalue weighted by atomic mass is 16.5. The second kappa shape index (κ2) is 4.66. The third kappa shape index (κ3) is 2.42. The van der Waals surface area contributed by atoms with Crippen LogP contribution in [0.25, 0.3) is 0 Å². The lowest BCUT2D eigenvalue weighted by Crippen LogP contribution is -2.51. The molecule has 2 N–H and O–H groups in total. The Bertz CT molecular complexity index is 355. The van der Waals surface area contributed by atoms with Crippen molar-refractivity contribution >= 4 is 5.97 Å². The Labute approximate surface area is 95.6 Å². The van der Waals surface area contributed by atoms with E-state index >= 15 is 0 Å². The SMILES string of the molecule is NC1(C(=O)Oc2ccccc2)CCCCC1. The summed E-state index contributed by atoms with van der Waals surface area (Å²) in [6, 6.07) is 9.10. The highest BCUT2D eigenvalue weighted by Crippen LogP contribution is 2.27.